The highest BCUT2D eigenvalue weighted by molar-refractivity contribution is 5.17. The predicted molar refractivity (Wildman–Crippen MR) is 89.6 cm³/mol. The van der Waals surface area contributed by atoms with Gasteiger partial charge in [0.15, 0.2) is 0 Å². The third kappa shape index (κ3) is 4.68. The molecule has 2 rings (SSSR count). The van der Waals surface area contributed by atoms with Crippen molar-refractivity contribution in [3.8, 4) is 0 Å². The molecule has 22 heavy (non-hydrogen) atoms. The summed E-state index contributed by atoms with van der Waals surface area (Å²) in [6.07, 6.45) is 6.80. The lowest BCUT2D eigenvalue weighted by Gasteiger charge is -2.26. The van der Waals surface area contributed by atoms with Crippen LogP contribution < -0.4 is 5.32 Å². The van der Waals surface area contributed by atoms with Gasteiger partial charge in [-0.3, -0.25) is 4.68 Å². The van der Waals surface area contributed by atoms with Gasteiger partial charge in [-0.25, -0.2) is 0 Å². The fourth-order valence-corrected chi connectivity index (χ4v) is 2.67. The number of benzene rings is 1. The monoisotopic (exact) mass is 301 g/mol. The maximum absolute atomic E-state index is 10.7. The molecule has 120 valence electrons. The van der Waals surface area contributed by atoms with E-state index in [1.807, 2.05) is 26.2 Å². The normalized spacial score (nSPS) is 15.5. The number of nitrogens with one attached hydrogen (secondary N) is 1. The first kappa shape index (κ1) is 16.7. The van der Waals surface area contributed by atoms with Crippen LogP contribution in [0.15, 0.2) is 42.7 Å². The Bertz CT molecular complexity index is 563. The molecule has 0 aliphatic rings. The van der Waals surface area contributed by atoms with Crippen molar-refractivity contribution >= 4 is 0 Å². The zero-order chi connectivity index (χ0) is 16.0. The Morgan fingerprint density at radius 2 is 2.05 bits per heavy atom. The van der Waals surface area contributed by atoms with Gasteiger partial charge in [-0.2, -0.15) is 5.10 Å². The number of aromatic nitrogens is 2. The van der Waals surface area contributed by atoms with E-state index < -0.39 is 5.60 Å². The fraction of sp³-hybridized carbons (Fsp3) is 0.500. The van der Waals surface area contributed by atoms with Crippen molar-refractivity contribution < 1.29 is 5.11 Å². The van der Waals surface area contributed by atoms with E-state index in [-0.39, 0.29) is 0 Å². The van der Waals surface area contributed by atoms with Gasteiger partial charge in [0.1, 0.15) is 5.60 Å². The Morgan fingerprint density at radius 3 is 2.64 bits per heavy atom. The van der Waals surface area contributed by atoms with Gasteiger partial charge in [0.2, 0.25) is 0 Å². The molecular weight excluding hydrogens is 274 g/mol. The molecule has 4 nitrogen and oxygen atoms in total. The molecule has 0 spiro atoms. The standard InChI is InChI=1S/C18H27N3O/c1-4-8-17(11-15-9-6-5-7-10-15)19-14-18(2,22)16-12-20-21(3)13-16/h5-7,9-10,12-13,17,19,22H,4,8,11,14H2,1-3H3. The van der Waals surface area contributed by atoms with Crippen LogP contribution in [-0.4, -0.2) is 27.5 Å². The van der Waals surface area contributed by atoms with Crippen molar-refractivity contribution in [2.45, 2.75) is 44.8 Å². The number of aryl methyl sites for hydroxylation is 1. The van der Waals surface area contributed by atoms with Crippen LogP contribution in [-0.2, 0) is 19.1 Å². The molecule has 0 fully saturated rings. The molecule has 4 heteroatoms. The lowest BCUT2D eigenvalue weighted by atomic mass is 9.97. The first-order valence-corrected chi connectivity index (χ1v) is 8.00. The zero-order valence-corrected chi connectivity index (χ0v) is 13.8. The van der Waals surface area contributed by atoms with Crippen LogP contribution in [0.5, 0.6) is 0 Å². The molecule has 0 radical (unpaired) electrons. The quantitative estimate of drug-likeness (QED) is 0.788. The van der Waals surface area contributed by atoms with Gasteiger partial charge in [0.25, 0.3) is 0 Å². The van der Waals surface area contributed by atoms with Gasteiger partial charge < -0.3 is 10.4 Å². The average Bonchev–Trinajstić information content (AvgIpc) is 2.94. The van der Waals surface area contributed by atoms with E-state index in [0.29, 0.717) is 12.6 Å². The van der Waals surface area contributed by atoms with E-state index >= 15 is 0 Å². The lowest BCUT2D eigenvalue weighted by molar-refractivity contribution is 0.0533. The van der Waals surface area contributed by atoms with Crippen LogP contribution in [0.25, 0.3) is 0 Å². The van der Waals surface area contributed by atoms with Crippen LogP contribution in [0.1, 0.15) is 37.8 Å². The summed E-state index contributed by atoms with van der Waals surface area (Å²) in [5, 5.41) is 18.3. The van der Waals surface area contributed by atoms with Gasteiger partial charge in [-0.05, 0) is 25.3 Å². The van der Waals surface area contributed by atoms with Crippen LogP contribution in [0.2, 0.25) is 0 Å². The summed E-state index contributed by atoms with van der Waals surface area (Å²) in [5.74, 6) is 0. The summed E-state index contributed by atoms with van der Waals surface area (Å²) in [6.45, 7) is 4.55. The summed E-state index contributed by atoms with van der Waals surface area (Å²) in [4.78, 5) is 0. The number of aliphatic hydroxyl groups is 1. The first-order valence-electron chi connectivity index (χ1n) is 8.00. The van der Waals surface area contributed by atoms with Gasteiger partial charge >= 0.3 is 0 Å². The molecule has 0 amide bonds. The van der Waals surface area contributed by atoms with Crippen LogP contribution in [0.4, 0.5) is 0 Å². The van der Waals surface area contributed by atoms with E-state index in [0.717, 1.165) is 24.8 Å². The van der Waals surface area contributed by atoms with Crippen LogP contribution in [0, 0.1) is 0 Å². The summed E-state index contributed by atoms with van der Waals surface area (Å²) in [5.41, 5.74) is 1.27. The second-order valence-corrected chi connectivity index (χ2v) is 6.23. The van der Waals surface area contributed by atoms with Crippen molar-refractivity contribution in [1.82, 2.24) is 15.1 Å². The summed E-state index contributed by atoms with van der Waals surface area (Å²) in [7, 11) is 1.86. The minimum Gasteiger partial charge on any atom is -0.384 e. The Hall–Kier alpha value is -1.65. The molecule has 2 N–H and O–H groups in total. The Kier molecular flexibility index (Phi) is 5.75. The number of nitrogens with zero attached hydrogens (tertiary/aromatic N) is 2. The second kappa shape index (κ2) is 7.56. The van der Waals surface area contributed by atoms with E-state index in [4.69, 9.17) is 0 Å². The van der Waals surface area contributed by atoms with Crippen LogP contribution in [0.3, 0.4) is 0 Å². The Balaban J connectivity index is 1.96. The van der Waals surface area contributed by atoms with E-state index in [9.17, 15) is 5.11 Å². The van der Waals surface area contributed by atoms with Crippen molar-refractivity contribution in [1.29, 1.82) is 0 Å². The third-order valence-electron chi connectivity index (χ3n) is 4.02. The van der Waals surface area contributed by atoms with Gasteiger partial charge in [0.05, 0.1) is 6.20 Å². The maximum Gasteiger partial charge on any atom is 0.102 e. The molecule has 2 aromatic rings. The topological polar surface area (TPSA) is 50.1 Å². The summed E-state index contributed by atoms with van der Waals surface area (Å²) in [6, 6.07) is 10.9. The Morgan fingerprint density at radius 1 is 1.32 bits per heavy atom. The maximum atomic E-state index is 10.7. The zero-order valence-electron chi connectivity index (χ0n) is 13.8. The predicted octanol–water partition coefficient (Wildman–Crippen LogP) is 2.63. The number of hydrogen-bond donors (Lipinski definition) is 2. The van der Waals surface area contributed by atoms with Crippen LogP contribution >= 0.6 is 0 Å². The smallest absolute Gasteiger partial charge is 0.102 e. The molecule has 1 heterocycles. The van der Waals surface area contributed by atoms with Gasteiger partial charge in [-0.15, -0.1) is 0 Å². The Labute approximate surface area is 133 Å². The molecule has 1 aromatic carbocycles. The number of rotatable bonds is 8. The third-order valence-corrected chi connectivity index (χ3v) is 4.02. The molecule has 0 aliphatic heterocycles. The molecular formula is C18H27N3O. The van der Waals surface area contributed by atoms with Crippen molar-refractivity contribution in [2.75, 3.05) is 6.54 Å². The second-order valence-electron chi connectivity index (χ2n) is 6.23. The molecule has 1 aromatic heterocycles. The van der Waals surface area contributed by atoms with E-state index in [1.54, 1.807) is 10.9 Å². The average molecular weight is 301 g/mol. The molecule has 2 unspecified atom stereocenters. The highest BCUT2D eigenvalue weighted by atomic mass is 16.3. The highest BCUT2D eigenvalue weighted by Crippen LogP contribution is 2.19. The minimum atomic E-state index is -0.906. The lowest BCUT2D eigenvalue weighted by Crippen LogP contribution is -2.41. The van der Waals surface area contributed by atoms with Gasteiger partial charge in [0, 0.05) is 31.4 Å². The summed E-state index contributed by atoms with van der Waals surface area (Å²) < 4.78 is 1.72. The number of hydrogen-bond acceptors (Lipinski definition) is 3. The van der Waals surface area contributed by atoms with Crippen molar-refractivity contribution in [2.24, 2.45) is 7.05 Å². The minimum absolute atomic E-state index is 0.371. The molecule has 2 atom stereocenters. The molecule has 0 aliphatic carbocycles. The molecule has 0 saturated carbocycles. The fourth-order valence-electron chi connectivity index (χ4n) is 2.67. The van der Waals surface area contributed by atoms with Gasteiger partial charge in [-0.1, -0.05) is 43.7 Å². The molecule has 0 bridgehead atoms. The van der Waals surface area contributed by atoms with Crippen molar-refractivity contribution in [3.05, 3.63) is 53.9 Å². The largest absolute Gasteiger partial charge is 0.384 e. The summed E-state index contributed by atoms with van der Waals surface area (Å²) >= 11 is 0. The first-order chi connectivity index (χ1) is 10.5. The SMILES string of the molecule is CCCC(Cc1ccccc1)NCC(C)(O)c1cnn(C)c1. The highest BCUT2D eigenvalue weighted by Gasteiger charge is 2.25. The van der Waals surface area contributed by atoms with E-state index in [2.05, 4.69) is 41.6 Å². The van der Waals surface area contributed by atoms with E-state index in [1.165, 1.54) is 5.56 Å². The molecule has 0 saturated heterocycles. The van der Waals surface area contributed by atoms with Crippen molar-refractivity contribution in [3.63, 3.8) is 0 Å².